The van der Waals surface area contributed by atoms with Gasteiger partial charge >= 0.3 is 0 Å². The average Bonchev–Trinajstić information content (AvgIpc) is 2.37. The molecule has 0 aromatic heterocycles. The third-order valence-electron chi connectivity index (χ3n) is 6.22. The Hall–Kier alpha value is -0.890. The van der Waals surface area contributed by atoms with E-state index in [2.05, 4.69) is 0 Å². The van der Waals surface area contributed by atoms with Gasteiger partial charge in [0.2, 0.25) is 0 Å². The average molecular weight is 273 g/mol. The van der Waals surface area contributed by atoms with Crippen LogP contribution in [0.1, 0.15) is 44.1 Å². The summed E-state index contributed by atoms with van der Waals surface area (Å²) in [5, 5.41) is 0. The summed E-state index contributed by atoms with van der Waals surface area (Å²) in [4.78, 5) is 0. The zero-order chi connectivity index (χ0) is 13.7. The third-order valence-corrected chi connectivity index (χ3v) is 6.22. The van der Waals surface area contributed by atoms with Crippen molar-refractivity contribution in [2.45, 2.75) is 51.0 Å². The van der Waals surface area contributed by atoms with E-state index < -0.39 is 0 Å². The Morgan fingerprint density at radius 1 is 1.10 bits per heavy atom. The summed E-state index contributed by atoms with van der Waals surface area (Å²) >= 11 is 0. The lowest BCUT2D eigenvalue weighted by Gasteiger charge is -2.59. The fourth-order valence-electron chi connectivity index (χ4n) is 5.77. The summed E-state index contributed by atoms with van der Waals surface area (Å²) in [6.07, 6.45) is 9.17. The number of hydrogen-bond donors (Lipinski definition) is 1. The van der Waals surface area contributed by atoms with Crippen LogP contribution in [0.25, 0.3) is 0 Å². The Morgan fingerprint density at radius 3 is 2.25 bits per heavy atom. The molecule has 0 heterocycles. The van der Waals surface area contributed by atoms with Crippen LogP contribution in [0.4, 0.5) is 4.39 Å². The molecular weight excluding hydrogens is 249 g/mol. The van der Waals surface area contributed by atoms with Crippen molar-refractivity contribution in [3.8, 4) is 0 Å². The lowest BCUT2D eigenvalue weighted by Crippen LogP contribution is -2.55. The first-order valence-electron chi connectivity index (χ1n) is 8.13. The van der Waals surface area contributed by atoms with Crippen LogP contribution in [0.2, 0.25) is 0 Å². The summed E-state index contributed by atoms with van der Waals surface area (Å²) in [7, 11) is 0. The van der Waals surface area contributed by atoms with E-state index in [4.69, 9.17) is 5.73 Å². The second kappa shape index (κ2) is 4.56. The molecule has 1 nitrogen and oxygen atoms in total. The Labute approximate surface area is 120 Å². The molecule has 0 radical (unpaired) electrons. The molecule has 4 aliphatic rings. The highest BCUT2D eigenvalue weighted by Gasteiger charge is 2.53. The lowest BCUT2D eigenvalue weighted by atomic mass is 9.47. The van der Waals surface area contributed by atoms with Crippen LogP contribution >= 0.6 is 0 Å². The summed E-state index contributed by atoms with van der Waals surface area (Å²) in [5.74, 6) is 2.65. The molecule has 5 rings (SSSR count). The highest BCUT2D eigenvalue weighted by Crippen LogP contribution is 2.61. The SMILES string of the molecule is NC(Cc1cccc(F)c1)C12CC3CC(CC(C3)C1)C2. The molecule has 2 heteroatoms. The van der Waals surface area contributed by atoms with E-state index in [9.17, 15) is 4.39 Å². The van der Waals surface area contributed by atoms with Crippen molar-refractivity contribution in [2.24, 2.45) is 28.9 Å². The molecule has 108 valence electrons. The summed E-state index contributed by atoms with van der Waals surface area (Å²) in [6.45, 7) is 0. The van der Waals surface area contributed by atoms with E-state index in [1.165, 1.54) is 44.6 Å². The molecule has 4 fully saturated rings. The topological polar surface area (TPSA) is 26.0 Å². The fourth-order valence-corrected chi connectivity index (χ4v) is 5.77. The lowest BCUT2D eigenvalue weighted by molar-refractivity contribution is -0.0667. The molecule has 4 saturated carbocycles. The van der Waals surface area contributed by atoms with E-state index in [1.54, 1.807) is 12.1 Å². The van der Waals surface area contributed by atoms with E-state index in [0.29, 0.717) is 5.41 Å². The molecule has 20 heavy (non-hydrogen) atoms. The van der Waals surface area contributed by atoms with Crippen LogP contribution in [0, 0.1) is 29.0 Å². The largest absolute Gasteiger partial charge is 0.327 e. The minimum Gasteiger partial charge on any atom is -0.327 e. The molecule has 4 bridgehead atoms. The highest BCUT2D eigenvalue weighted by atomic mass is 19.1. The zero-order valence-corrected chi connectivity index (χ0v) is 12.0. The van der Waals surface area contributed by atoms with Crippen LogP contribution in [0.15, 0.2) is 24.3 Å². The number of benzene rings is 1. The molecule has 1 aromatic carbocycles. The quantitative estimate of drug-likeness (QED) is 0.887. The van der Waals surface area contributed by atoms with Crippen molar-refractivity contribution >= 4 is 0 Å². The molecule has 2 N–H and O–H groups in total. The van der Waals surface area contributed by atoms with Gasteiger partial charge < -0.3 is 5.73 Å². The van der Waals surface area contributed by atoms with Crippen LogP contribution < -0.4 is 5.73 Å². The van der Waals surface area contributed by atoms with Gasteiger partial charge in [-0.05, 0) is 85.8 Å². The second-order valence-electron chi connectivity index (χ2n) is 7.72. The van der Waals surface area contributed by atoms with Gasteiger partial charge in [-0.1, -0.05) is 12.1 Å². The Morgan fingerprint density at radius 2 is 1.70 bits per heavy atom. The van der Waals surface area contributed by atoms with Gasteiger partial charge in [0.05, 0.1) is 0 Å². The summed E-state index contributed by atoms with van der Waals surface area (Å²) in [6, 6.07) is 7.19. The van der Waals surface area contributed by atoms with Gasteiger partial charge in [0.1, 0.15) is 5.82 Å². The molecule has 4 aliphatic carbocycles. The number of nitrogens with two attached hydrogens (primary N) is 1. The smallest absolute Gasteiger partial charge is 0.123 e. The Kier molecular flexibility index (Phi) is 2.92. The molecule has 0 saturated heterocycles. The first-order valence-corrected chi connectivity index (χ1v) is 8.13. The molecule has 1 unspecified atom stereocenters. The van der Waals surface area contributed by atoms with Crippen molar-refractivity contribution in [3.05, 3.63) is 35.6 Å². The van der Waals surface area contributed by atoms with Gasteiger partial charge in [-0.3, -0.25) is 0 Å². The maximum absolute atomic E-state index is 13.3. The van der Waals surface area contributed by atoms with E-state index in [-0.39, 0.29) is 11.9 Å². The van der Waals surface area contributed by atoms with Crippen molar-refractivity contribution in [1.82, 2.24) is 0 Å². The first-order chi connectivity index (χ1) is 9.63. The van der Waals surface area contributed by atoms with Gasteiger partial charge in [0.15, 0.2) is 0 Å². The van der Waals surface area contributed by atoms with Crippen LogP contribution in [0.3, 0.4) is 0 Å². The van der Waals surface area contributed by atoms with Crippen molar-refractivity contribution in [1.29, 1.82) is 0 Å². The maximum atomic E-state index is 13.3. The summed E-state index contributed by atoms with van der Waals surface area (Å²) < 4.78 is 13.3. The molecular formula is C18H24FN. The maximum Gasteiger partial charge on any atom is 0.123 e. The molecule has 0 amide bonds. The van der Waals surface area contributed by atoms with E-state index >= 15 is 0 Å². The summed E-state index contributed by atoms with van der Waals surface area (Å²) in [5.41, 5.74) is 8.06. The molecule has 1 atom stereocenters. The van der Waals surface area contributed by atoms with Gasteiger partial charge in [-0.15, -0.1) is 0 Å². The monoisotopic (exact) mass is 273 g/mol. The van der Waals surface area contributed by atoms with Crippen molar-refractivity contribution in [2.75, 3.05) is 0 Å². The first kappa shape index (κ1) is 12.8. The third kappa shape index (κ3) is 2.09. The van der Waals surface area contributed by atoms with Crippen LogP contribution in [0.5, 0.6) is 0 Å². The van der Waals surface area contributed by atoms with Gasteiger partial charge in [-0.25, -0.2) is 4.39 Å². The van der Waals surface area contributed by atoms with Crippen LogP contribution in [-0.2, 0) is 6.42 Å². The highest BCUT2D eigenvalue weighted by molar-refractivity contribution is 5.19. The minimum atomic E-state index is -0.139. The zero-order valence-electron chi connectivity index (χ0n) is 12.0. The number of hydrogen-bond acceptors (Lipinski definition) is 1. The fraction of sp³-hybridized carbons (Fsp3) is 0.667. The standard InChI is InChI=1S/C18H24FN/c19-16-3-1-2-12(7-16)8-17(20)18-9-13-4-14(10-18)6-15(5-13)11-18/h1-3,7,13-15,17H,4-6,8-11,20H2. The Balaban J connectivity index is 1.54. The van der Waals surface area contributed by atoms with E-state index in [1.807, 2.05) is 6.07 Å². The molecule has 0 spiro atoms. The Bertz CT molecular complexity index is 475. The van der Waals surface area contributed by atoms with Crippen molar-refractivity contribution < 1.29 is 4.39 Å². The van der Waals surface area contributed by atoms with Gasteiger partial charge in [0.25, 0.3) is 0 Å². The van der Waals surface area contributed by atoms with Crippen LogP contribution in [-0.4, -0.2) is 6.04 Å². The number of halogens is 1. The molecule has 1 aromatic rings. The second-order valence-corrected chi connectivity index (χ2v) is 7.72. The van der Waals surface area contributed by atoms with Crippen molar-refractivity contribution in [3.63, 3.8) is 0 Å². The normalized spacial score (nSPS) is 40.0. The van der Waals surface area contributed by atoms with Gasteiger partial charge in [-0.2, -0.15) is 0 Å². The molecule has 0 aliphatic heterocycles. The predicted octanol–water partition coefficient (Wildman–Crippen LogP) is 3.91. The van der Waals surface area contributed by atoms with Gasteiger partial charge in [0, 0.05) is 6.04 Å². The van der Waals surface area contributed by atoms with E-state index in [0.717, 1.165) is 29.7 Å². The minimum absolute atomic E-state index is 0.139. The predicted molar refractivity (Wildman–Crippen MR) is 78.7 cm³/mol. The number of rotatable bonds is 3.